The van der Waals surface area contributed by atoms with Crippen molar-refractivity contribution < 1.29 is 28.8 Å². The van der Waals surface area contributed by atoms with Crippen LogP contribution in [-0.4, -0.2) is 84.4 Å². The number of carbonyl (C=O) groups excluding carboxylic acids is 6. The molecule has 3 aliphatic carbocycles. The van der Waals surface area contributed by atoms with Crippen LogP contribution in [0.1, 0.15) is 62.8 Å². The topological polar surface area (TPSA) is 145 Å². The van der Waals surface area contributed by atoms with E-state index >= 15 is 0 Å². The number of nitrogens with zero attached hydrogens (tertiary/aromatic N) is 2. The minimum Gasteiger partial charge on any atom is -0.347 e. The van der Waals surface area contributed by atoms with E-state index in [0.717, 1.165) is 25.7 Å². The maximum atomic E-state index is 14.1. The summed E-state index contributed by atoms with van der Waals surface area (Å²) in [5.74, 6) is -3.00. The highest BCUT2D eigenvalue weighted by Gasteiger charge is 2.69. The molecule has 0 bridgehead atoms. The van der Waals surface area contributed by atoms with E-state index in [1.165, 1.54) is 16.0 Å². The van der Waals surface area contributed by atoms with E-state index in [4.69, 9.17) is 0 Å². The Kier molecular flexibility index (Phi) is 9.88. The Balaban J connectivity index is 1.10. The normalized spacial score (nSPS) is 23.5. The number of benzene rings is 2. The van der Waals surface area contributed by atoms with E-state index in [2.05, 4.69) is 41.9 Å². The Morgan fingerprint density at radius 1 is 0.900 bits per heavy atom. The molecule has 266 valence electrons. The van der Waals surface area contributed by atoms with E-state index in [1.807, 2.05) is 19.1 Å². The molecule has 11 heteroatoms. The Bertz CT molecular complexity index is 1640. The first-order valence-electron chi connectivity index (χ1n) is 17.8. The van der Waals surface area contributed by atoms with Crippen molar-refractivity contribution >= 4 is 35.3 Å². The first kappa shape index (κ1) is 35.3. The Hall–Kier alpha value is -4.54. The van der Waals surface area contributed by atoms with Crippen molar-refractivity contribution in [2.24, 2.45) is 35.0 Å². The number of piperidine rings is 1. The van der Waals surface area contributed by atoms with Crippen LogP contribution in [0.15, 0.2) is 54.6 Å². The van der Waals surface area contributed by atoms with Gasteiger partial charge in [0.15, 0.2) is 0 Å². The number of likely N-dealkylation sites (N-methyl/N-ethyl adjacent to an activating group) is 1. The minimum absolute atomic E-state index is 0.0314. The van der Waals surface area contributed by atoms with Crippen molar-refractivity contribution in [2.45, 2.75) is 71.0 Å². The summed E-state index contributed by atoms with van der Waals surface area (Å²) in [5, 5.41) is 7.93. The summed E-state index contributed by atoms with van der Waals surface area (Å²) in [6.45, 7) is 6.16. The van der Waals surface area contributed by atoms with Gasteiger partial charge in [-0.15, -0.1) is 0 Å². The van der Waals surface area contributed by atoms with Gasteiger partial charge in [0.1, 0.15) is 12.1 Å². The molecule has 11 nitrogen and oxygen atoms in total. The van der Waals surface area contributed by atoms with E-state index in [0.29, 0.717) is 18.5 Å². The van der Waals surface area contributed by atoms with Gasteiger partial charge in [-0.2, -0.15) is 0 Å². The number of amides is 5. The summed E-state index contributed by atoms with van der Waals surface area (Å²) in [6.07, 6.45) is 3.77. The number of fused-ring (bicyclic) bond motifs is 2. The van der Waals surface area contributed by atoms with Crippen LogP contribution >= 0.6 is 0 Å². The van der Waals surface area contributed by atoms with Gasteiger partial charge in [0.05, 0.1) is 12.6 Å². The van der Waals surface area contributed by atoms with Crippen molar-refractivity contribution in [3.8, 4) is 0 Å². The van der Waals surface area contributed by atoms with Gasteiger partial charge in [0, 0.05) is 26.6 Å². The Morgan fingerprint density at radius 2 is 1.52 bits per heavy atom. The molecule has 1 aliphatic heterocycles. The lowest BCUT2D eigenvalue weighted by Crippen LogP contribution is -2.56. The van der Waals surface area contributed by atoms with Gasteiger partial charge in [0.2, 0.25) is 29.4 Å². The summed E-state index contributed by atoms with van der Waals surface area (Å²) in [4.78, 5) is 83.6. The first-order valence-corrected chi connectivity index (χ1v) is 17.8. The summed E-state index contributed by atoms with van der Waals surface area (Å²) >= 11 is 0. The average molecular weight is 684 g/mol. The molecule has 2 aromatic carbocycles. The summed E-state index contributed by atoms with van der Waals surface area (Å²) in [7, 11) is 3.17. The molecule has 50 heavy (non-hydrogen) atoms. The molecule has 3 N–H and O–H groups in total. The second kappa shape index (κ2) is 14.0. The molecule has 6 rings (SSSR count). The molecule has 6 atom stereocenters. The Labute approximate surface area is 293 Å². The first-order chi connectivity index (χ1) is 23.8. The third-order valence-corrected chi connectivity index (χ3v) is 11.6. The van der Waals surface area contributed by atoms with Crippen molar-refractivity contribution in [3.05, 3.63) is 71.3 Å². The molecule has 2 aromatic rings. The van der Waals surface area contributed by atoms with Gasteiger partial charge < -0.3 is 25.8 Å². The van der Waals surface area contributed by atoms with Crippen LogP contribution in [-0.2, 0) is 41.6 Å². The lowest BCUT2D eigenvalue weighted by Gasteiger charge is -2.34. The fourth-order valence-corrected chi connectivity index (χ4v) is 8.21. The van der Waals surface area contributed by atoms with Crippen LogP contribution in [0.3, 0.4) is 0 Å². The molecule has 1 unspecified atom stereocenters. The molecule has 0 spiro atoms. The molecule has 0 aromatic heterocycles. The molecular formula is C39H49N5O6. The van der Waals surface area contributed by atoms with Gasteiger partial charge in [-0.1, -0.05) is 88.2 Å². The van der Waals surface area contributed by atoms with E-state index in [-0.39, 0.29) is 46.8 Å². The number of hydrogen-bond donors (Lipinski definition) is 3. The number of nitrogens with one attached hydrogen (secondary N) is 3. The quantitative estimate of drug-likeness (QED) is 0.277. The monoisotopic (exact) mass is 683 g/mol. The number of carbonyl (C=O) groups is 6. The van der Waals surface area contributed by atoms with E-state index in [9.17, 15) is 28.8 Å². The predicted molar refractivity (Wildman–Crippen MR) is 186 cm³/mol. The van der Waals surface area contributed by atoms with Crippen LogP contribution < -0.4 is 16.0 Å². The molecule has 4 aliphatic rings. The third-order valence-electron chi connectivity index (χ3n) is 11.6. The van der Waals surface area contributed by atoms with Gasteiger partial charge >= 0.3 is 0 Å². The zero-order valence-corrected chi connectivity index (χ0v) is 29.6. The lowest BCUT2D eigenvalue weighted by atomic mass is 9.89. The molecule has 1 heterocycles. The highest BCUT2D eigenvalue weighted by atomic mass is 16.2. The summed E-state index contributed by atoms with van der Waals surface area (Å²) in [5.41, 5.74) is 3.01. The predicted octanol–water partition coefficient (Wildman–Crippen LogP) is 2.44. The van der Waals surface area contributed by atoms with Crippen molar-refractivity contribution in [3.63, 3.8) is 0 Å². The maximum Gasteiger partial charge on any atom is 0.290 e. The van der Waals surface area contributed by atoms with Gasteiger partial charge in [-0.05, 0) is 65.0 Å². The van der Waals surface area contributed by atoms with Crippen molar-refractivity contribution in [1.82, 2.24) is 25.8 Å². The standard InChI is InChI=1S/C39H49N5O6/c1-22(27-18-25-13-9-10-14-26(25)19-27)37(49)44-21-28-31(39(28,2)3)33(44)35(47)41-29(17-23-15-16-23)34(46)36(48)40-20-30(45)42-32(38(50)43(4)5)24-11-7-6-8-12-24/h6-14,22-23,27-29,31-33H,15-21H2,1-5H3,(H,40,48)(H,41,47)(H,42,45)/t22-,28-,29?,31-,32-,33-/m0/s1. The van der Waals surface area contributed by atoms with Gasteiger partial charge in [-0.3, -0.25) is 28.8 Å². The lowest BCUT2D eigenvalue weighted by molar-refractivity contribution is -0.146. The molecular weight excluding hydrogens is 634 g/mol. The third kappa shape index (κ3) is 7.18. The highest BCUT2D eigenvalue weighted by Crippen LogP contribution is 2.65. The minimum atomic E-state index is -1.08. The van der Waals surface area contributed by atoms with E-state index < -0.39 is 48.2 Å². The number of ketones is 1. The van der Waals surface area contributed by atoms with Crippen molar-refractivity contribution in [1.29, 1.82) is 0 Å². The van der Waals surface area contributed by atoms with Gasteiger partial charge in [0.25, 0.3) is 5.91 Å². The molecule has 5 amide bonds. The van der Waals surface area contributed by atoms with Crippen LogP contribution in [0.5, 0.6) is 0 Å². The zero-order chi connectivity index (χ0) is 35.9. The summed E-state index contributed by atoms with van der Waals surface area (Å²) < 4.78 is 0. The average Bonchev–Trinajstić information content (AvgIpc) is 3.86. The SMILES string of the molecule is C[C@H](C(=O)N1C[C@H]2[C@@H]([C@H]1C(=O)NC(CC1CC1)C(=O)C(=O)NCC(=O)N[C@H](C(=O)N(C)C)c1ccccc1)C2(C)C)C1Cc2ccccc2C1. The van der Waals surface area contributed by atoms with Gasteiger partial charge in [-0.25, -0.2) is 0 Å². The number of rotatable bonds is 13. The van der Waals surface area contributed by atoms with Crippen LogP contribution in [0.2, 0.25) is 0 Å². The van der Waals surface area contributed by atoms with Crippen LogP contribution in [0.4, 0.5) is 0 Å². The molecule has 0 radical (unpaired) electrons. The fraction of sp³-hybridized carbons (Fsp3) is 0.538. The largest absolute Gasteiger partial charge is 0.347 e. The fourth-order valence-electron chi connectivity index (χ4n) is 8.21. The second-order valence-corrected chi connectivity index (χ2v) is 15.5. The highest BCUT2D eigenvalue weighted by molar-refractivity contribution is 6.38. The van der Waals surface area contributed by atoms with E-state index in [1.54, 1.807) is 49.3 Å². The number of likely N-dealkylation sites (tertiary alicyclic amines) is 1. The second-order valence-electron chi connectivity index (χ2n) is 15.5. The number of Topliss-reactive ketones (excluding diaryl/α,β-unsaturated/α-hetero) is 1. The smallest absolute Gasteiger partial charge is 0.290 e. The molecule has 1 saturated heterocycles. The zero-order valence-electron chi connectivity index (χ0n) is 29.6. The van der Waals surface area contributed by atoms with Crippen LogP contribution in [0, 0.1) is 35.0 Å². The Morgan fingerprint density at radius 3 is 2.12 bits per heavy atom. The maximum absolute atomic E-state index is 14.1. The van der Waals surface area contributed by atoms with Crippen LogP contribution in [0.25, 0.3) is 0 Å². The summed E-state index contributed by atoms with van der Waals surface area (Å²) in [6, 6.07) is 14.3. The molecule has 2 saturated carbocycles. The molecule has 3 fully saturated rings. The van der Waals surface area contributed by atoms with Crippen molar-refractivity contribution in [2.75, 3.05) is 27.2 Å². The number of hydrogen-bond acceptors (Lipinski definition) is 6.